The van der Waals surface area contributed by atoms with Crippen LogP contribution >= 0.6 is 0 Å². The molecule has 1 aliphatic heterocycles. The Morgan fingerprint density at radius 3 is 2.21 bits per heavy atom. The van der Waals surface area contributed by atoms with E-state index in [9.17, 15) is 19.2 Å². The second kappa shape index (κ2) is 11.3. The maximum atomic E-state index is 14.7. The molecule has 1 heterocycles. The van der Waals surface area contributed by atoms with Crippen molar-refractivity contribution < 1.29 is 33.4 Å². The summed E-state index contributed by atoms with van der Waals surface area (Å²) in [5.41, 5.74) is -0.0982. The molecule has 0 radical (unpaired) electrons. The van der Waals surface area contributed by atoms with Crippen molar-refractivity contribution in [3.8, 4) is 0 Å². The van der Waals surface area contributed by atoms with Crippen LogP contribution < -0.4 is 0 Å². The van der Waals surface area contributed by atoms with Gasteiger partial charge in [0.1, 0.15) is 12.1 Å². The van der Waals surface area contributed by atoms with E-state index in [2.05, 4.69) is 48.5 Å². The molecule has 8 nitrogen and oxygen atoms in total. The molecule has 0 spiro atoms. The Hall–Kier alpha value is -2.38. The van der Waals surface area contributed by atoms with Crippen molar-refractivity contribution in [1.82, 2.24) is 4.90 Å². The van der Waals surface area contributed by atoms with E-state index in [0.717, 1.165) is 64.2 Å². The lowest BCUT2D eigenvalue weighted by Crippen LogP contribution is -2.67. The van der Waals surface area contributed by atoms with E-state index in [-0.39, 0.29) is 68.7 Å². The number of ether oxygens (including phenoxy) is 3. The molecule has 6 aliphatic rings. The summed E-state index contributed by atoms with van der Waals surface area (Å²) in [6, 6.07) is -0.595. The number of hydrogen-bond donors (Lipinski definition) is 0. The van der Waals surface area contributed by atoms with Crippen molar-refractivity contribution in [3.05, 3.63) is 11.6 Å². The quantitative estimate of drug-likeness (QED) is 0.228. The Morgan fingerprint density at radius 1 is 0.830 bits per heavy atom. The van der Waals surface area contributed by atoms with Crippen LogP contribution in [0.5, 0.6) is 0 Å². The molecule has 8 heteroatoms. The van der Waals surface area contributed by atoms with Crippen LogP contribution in [0.3, 0.4) is 0 Å². The topological polar surface area (TPSA) is 99.2 Å². The number of rotatable bonds is 3. The third-order valence-electron chi connectivity index (χ3n) is 15.6. The van der Waals surface area contributed by atoms with E-state index < -0.39 is 17.6 Å². The fourth-order valence-electron chi connectivity index (χ4n) is 12.5. The monoisotopic (exact) mass is 653 g/mol. The lowest BCUT2D eigenvalue weighted by molar-refractivity contribution is -0.203. The molecule has 5 aliphatic carbocycles. The Labute approximate surface area is 282 Å². The second-order valence-electron chi connectivity index (χ2n) is 18.2. The van der Waals surface area contributed by atoms with Crippen molar-refractivity contribution >= 4 is 23.8 Å². The summed E-state index contributed by atoms with van der Waals surface area (Å²) < 4.78 is 16.6. The first-order valence-corrected chi connectivity index (χ1v) is 18.3. The molecule has 1 amide bonds. The van der Waals surface area contributed by atoms with E-state index in [1.54, 1.807) is 4.90 Å². The largest absolute Gasteiger partial charge is 0.469 e. The molecule has 0 aromatic carbocycles. The molecule has 262 valence electrons. The minimum atomic E-state index is -0.595. The van der Waals surface area contributed by atoms with Crippen LogP contribution in [-0.4, -0.2) is 61.6 Å². The fraction of sp³-hybridized carbons (Fsp3) is 0.846. The first-order chi connectivity index (χ1) is 21.9. The van der Waals surface area contributed by atoms with E-state index in [4.69, 9.17) is 14.2 Å². The van der Waals surface area contributed by atoms with Crippen molar-refractivity contribution in [2.24, 2.45) is 50.2 Å². The molecule has 5 fully saturated rings. The van der Waals surface area contributed by atoms with Gasteiger partial charge in [-0.15, -0.1) is 0 Å². The first kappa shape index (κ1) is 34.5. The standard InChI is InChI=1S/C39H59NO7/c1-34(2)28-13-16-39(7)30(37(28,5)15-14-29(34)47-33(44)40-21-11-10-12-26(40)31(42)45-8)27(41)22-24-25-23-36(4,32(43)46-9)18-17-35(25,3)19-20-38(24,39)6/h22,25-26,28-30H,10-21,23H2,1-9H3/t25-,26?,28+,29+,30-,35-,36+,37+,38-,39-/m1/s1. The van der Waals surface area contributed by atoms with Gasteiger partial charge in [0.15, 0.2) is 5.78 Å². The third kappa shape index (κ3) is 4.87. The summed E-state index contributed by atoms with van der Waals surface area (Å²) >= 11 is 0. The average Bonchev–Trinajstić information content (AvgIpc) is 3.03. The molecule has 6 rings (SSSR count). The Balaban J connectivity index is 1.29. The highest BCUT2D eigenvalue weighted by Gasteiger charge is 2.70. The van der Waals surface area contributed by atoms with Gasteiger partial charge in [-0.3, -0.25) is 14.5 Å². The summed E-state index contributed by atoms with van der Waals surface area (Å²) in [5, 5.41) is 0. The molecule has 0 aromatic heterocycles. The number of amides is 1. The first-order valence-electron chi connectivity index (χ1n) is 18.3. The molecule has 0 aromatic rings. The number of ketones is 1. The molecule has 0 bridgehead atoms. The second-order valence-corrected chi connectivity index (χ2v) is 18.2. The van der Waals surface area contributed by atoms with Gasteiger partial charge in [-0.25, -0.2) is 9.59 Å². The van der Waals surface area contributed by atoms with Gasteiger partial charge in [-0.2, -0.15) is 0 Å². The van der Waals surface area contributed by atoms with Gasteiger partial charge in [0.05, 0.1) is 19.6 Å². The van der Waals surface area contributed by atoms with Gasteiger partial charge in [-0.1, -0.05) is 47.1 Å². The van der Waals surface area contributed by atoms with Gasteiger partial charge in [0.2, 0.25) is 0 Å². The van der Waals surface area contributed by atoms with Gasteiger partial charge in [-0.05, 0) is 124 Å². The molecule has 10 atom stereocenters. The minimum absolute atomic E-state index is 0.0780. The highest BCUT2D eigenvalue weighted by molar-refractivity contribution is 5.95. The Kier molecular flexibility index (Phi) is 8.31. The number of fused-ring (bicyclic) bond motifs is 7. The number of likely N-dealkylation sites (tertiary alicyclic amines) is 1. The molecule has 1 unspecified atom stereocenters. The Bertz CT molecular complexity index is 1370. The van der Waals surface area contributed by atoms with Gasteiger partial charge >= 0.3 is 18.0 Å². The van der Waals surface area contributed by atoms with E-state index in [0.29, 0.717) is 19.4 Å². The summed E-state index contributed by atoms with van der Waals surface area (Å²) in [6.07, 6.45) is 11.7. The number of nitrogens with zero attached hydrogens (tertiary/aromatic N) is 1. The predicted molar refractivity (Wildman–Crippen MR) is 178 cm³/mol. The highest BCUT2D eigenvalue weighted by Crippen LogP contribution is 2.75. The zero-order valence-corrected chi connectivity index (χ0v) is 30.5. The predicted octanol–water partition coefficient (Wildman–Crippen LogP) is 7.67. The van der Waals surface area contributed by atoms with Crippen LogP contribution in [0, 0.1) is 50.2 Å². The van der Waals surface area contributed by atoms with Gasteiger partial charge < -0.3 is 14.2 Å². The highest BCUT2D eigenvalue weighted by atomic mass is 16.6. The summed E-state index contributed by atoms with van der Waals surface area (Å²) in [4.78, 5) is 55.4. The smallest absolute Gasteiger partial charge is 0.410 e. The molecule has 4 saturated carbocycles. The summed E-state index contributed by atoms with van der Waals surface area (Å²) in [7, 11) is 2.86. The lowest BCUT2D eigenvalue weighted by Gasteiger charge is -2.70. The molecule has 0 N–H and O–H groups in total. The molecule has 47 heavy (non-hydrogen) atoms. The normalized spacial score (nSPS) is 45.6. The summed E-state index contributed by atoms with van der Waals surface area (Å²) in [5.74, 6) is -0.00179. The van der Waals surface area contributed by atoms with E-state index in [1.165, 1.54) is 19.8 Å². The zero-order valence-electron chi connectivity index (χ0n) is 30.5. The number of hydrogen-bond acceptors (Lipinski definition) is 7. The average molecular weight is 654 g/mol. The van der Waals surface area contributed by atoms with Gasteiger partial charge in [0.25, 0.3) is 0 Å². The lowest BCUT2D eigenvalue weighted by atomic mass is 9.33. The van der Waals surface area contributed by atoms with Crippen LogP contribution in [0.25, 0.3) is 0 Å². The van der Waals surface area contributed by atoms with Crippen LogP contribution in [0.15, 0.2) is 11.6 Å². The fourth-order valence-corrected chi connectivity index (χ4v) is 12.5. The van der Waals surface area contributed by atoms with Crippen molar-refractivity contribution in [3.63, 3.8) is 0 Å². The molecule has 1 saturated heterocycles. The maximum Gasteiger partial charge on any atom is 0.410 e. The number of allylic oxidation sites excluding steroid dienone is 2. The third-order valence-corrected chi connectivity index (χ3v) is 15.6. The van der Waals surface area contributed by atoms with Crippen LogP contribution in [0.2, 0.25) is 0 Å². The van der Waals surface area contributed by atoms with E-state index >= 15 is 0 Å². The van der Waals surface area contributed by atoms with Crippen molar-refractivity contribution in [2.45, 2.75) is 138 Å². The van der Waals surface area contributed by atoms with Crippen LogP contribution in [0.4, 0.5) is 4.79 Å². The number of carbonyl (C=O) groups excluding carboxylic acids is 4. The maximum absolute atomic E-state index is 14.7. The van der Waals surface area contributed by atoms with E-state index in [1.807, 2.05) is 6.08 Å². The number of esters is 2. The molecular weight excluding hydrogens is 594 g/mol. The van der Waals surface area contributed by atoms with Gasteiger partial charge in [0, 0.05) is 17.9 Å². The van der Waals surface area contributed by atoms with Crippen molar-refractivity contribution in [1.29, 1.82) is 0 Å². The molecular formula is C39H59NO7. The van der Waals surface area contributed by atoms with Crippen LogP contribution in [0.1, 0.15) is 126 Å². The number of methoxy groups -OCH3 is 2. The number of carbonyl (C=O) groups is 4. The minimum Gasteiger partial charge on any atom is -0.469 e. The van der Waals surface area contributed by atoms with Crippen molar-refractivity contribution in [2.75, 3.05) is 20.8 Å². The zero-order chi connectivity index (χ0) is 34.4. The Morgan fingerprint density at radius 2 is 1.53 bits per heavy atom. The SMILES string of the molecule is COC(=O)C1CCCCN1C(=O)O[C@H]1CC[C@]2(C)[C@H]3C(=O)C=C4[C@H]5C[C@@](C)(C(=O)OC)CC[C@]5(C)CC[C@@]4(C)[C@]3(C)CC[C@H]2C1(C)C. The number of piperidine rings is 1. The summed E-state index contributed by atoms with van der Waals surface area (Å²) in [6.45, 7) is 16.6. The van der Waals surface area contributed by atoms with Crippen LogP contribution in [-0.2, 0) is 28.6 Å².